The minimum atomic E-state index is -0.574. The maximum atomic E-state index is 12.4. The van der Waals surface area contributed by atoms with Crippen LogP contribution in [0, 0.1) is 10.1 Å². The van der Waals surface area contributed by atoms with E-state index in [9.17, 15) is 14.9 Å². The first-order chi connectivity index (χ1) is 9.54. The number of fused-ring (bicyclic) bond motifs is 2. The molecule has 2 N–H and O–H groups in total. The Hall–Kier alpha value is -2.15. The van der Waals surface area contributed by atoms with Gasteiger partial charge in [-0.25, -0.2) is 0 Å². The molecule has 0 saturated carbocycles. The largest absolute Gasteiger partial charge is 0.393 e. The third-order valence-electron chi connectivity index (χ3n) is 3.80. The summed E-state index contributed by atoms with van der Waals surface area (Å²) in [6.07, 6.45) is 2.13. The van der Waals surface area contributed by atoms with Crippen LogP contribution in [0.2, 0.25) is 0 Å². The van der Waals surface area contributed by atoms with E-state index >= 15 is 0 Å². The van der Waals surface area contributed by atoms with Crippen molar-refractivity contribution in [1.82, 2.24) is 4.90 Å². The number of nitrogens with two attached hydrogens (primary N) is 1. The third-order valence-corrected chi connectivity index (χ3v) is 3.80. The number of ether oxygens (including phenoxy) is 1. The molecule has 0 aliphatic carbocycles. The Labute approximate surface area is 115 Å². The minimum absolute atomic E-state index is 0.0635. The fourth-order valence-electron chi connectivity index (χ4n) is 2.80. The number of nitro groups is 1. The van der Waals surface area contributed by atoms with Gasteiger partial charge in [-0.2, -0.15) is 0 Å². The molecule has 2 bridgehead atoms. The van der Waals surface area contributed by atoms with Gasteiger partial charge in [-0.15, -0.1) is 0 Å². The summed E-state index contributed by atoms with van der Waals surface area (Å²) >= 11 is 0. The number of morpholine rings is 1. The second-order valence-corrected chi connectivity index (χ2v) is 5.20. The van der Waals surface area contributed by atoms with E-state index in [1.807, 2.05) is 0 Å². The number of hydrogen-bond acceptors (Lipinski definition) is 5. The topological polar surface area (TPSA) is 98.7 Å². The van der Waals surface area contributed by atoms with E-state index in [-0.39, 0.29) is 29.5 Å². The average molecular weight is 277 g/mol. The molecule has 2 aliphatic rings. The number of carbonyl (C=O) groups is 1. The van der Waals surface area contributed by atoms with Gasteiger partial charge in [-0.05, 0) is 25.0 Å². The molecule has 7 heteroatoms. The van der Waals surface area contributed by atoms with Gasteiger partial charge in [-0.1, -0.05) is 0 Å². The van der Waals surface area contributed by atoms with E-state index in [1.165, 1.54) is 18.2 Å². The average Bonchev–Trinajstić information content (AvgIpc) is 2.77. The van der Waals surface area contributed by atoms with Crippen molar-refractivity contribution >= 4 is 17.3 Å². The summed E-state index contributed by atoms with van der Waals surface area (Å²) in [6.45, 7) is 1.10. The van der Waals surface area contributed by atoms with Crippen molar-refractivity contribution in [1.29, 1.82) is 0 Å². The highest BCUT2D eigenvalue weighted by Gasteiger charge is 2.36. The van der Waals surface area contributed by atoms with Crippen LogP contribution in [0.3, 0.4) is 0 Å². The number of nitro benzene ring substituents is 1. The predicted octanol–water partition coefficient (Wildman–Crippen LogP) is 1.18. The fraction of sp³-hybridized carbons (Fsp3) is 0.462. The minimum Gasteiger partial charge on any atom is -0.393 e. The van der Waals surface area contributed by atoms with Gasteiger partial charge in [0.05, 0.1) is 17.1 Å². The summed E-state index contributed by atoms with van der Waals surface area (Å²) in [4.78, 5) is 24.4. The van der Waals surface area contributed by atoms with Crippen LogP contribution >= 0.6 is 0 Å². The van der Waals surface area contributed by atoms with E-state index in [0.29, 0.717) is 18.7 Å². The number of carbonyl (C=O) groups excluding carboxylic acids is 1. The van der Waals surface area contributed by atoms with Crippen molar-refractivity contribution in [2.24, 2.45) is 0 Å². The second kappa shape index (κ2) is 4.75. The van der Waals surface area contributed by atoms with Crippen molar-refractivity contribution in [2.75, 3.05) is 18.8 Å². The van der Waals surface area contributed by atoms with E-state index in [1.54, 1.807) is 4.90 Å². The number of amides is 1. The van der Waals surface area contributed by atoms with Gasteiger partial charge in [0.2, 0.25) is 0 Å². The van der Waals surface area contributed by atoms with Crippen molar-refractivity contribution in [3.63, 3.8) is 0 Å². The molecule has 0 spiro atoms. The van der Waals surface area contributed by atoms with E-state index in [4.69, 9.17) is 10.5 Å². The second-order valence-electron chi connectivity index (χ2n) is 5.20. The Morgan fingerprint density at radius 3 is 2.60 bits per heavy atom. The Kier molecular flexibility index (Phi) is 3.06. The van der Waals surface area contributed by atoms with Gasteiger partial charge in [0.1, 0.15) is 5.69 Å². The van der Waals surface area contributed by atoms with Gasteiger partial charge in [0.25, 0.3) is 11.6 Å². The molecule has 20 heavy (non-hydrogen) atoms. The molecule has 1 aromatic carbocycles. The highest BCUT2D eigenvalue weighted by Crippen LogP contribution is 2.28. The Morgan fingerprint density at radius 2 is 2.00 bits per heavy atom. The van der Waals surface area contributed by atoms with E-state index in [0.717, 1.165) is 12.8 Å². The lowest BCUT2D eigenvalue weighted by molar-refractivity contribution is -0.383. The molecule has 2 fully saturated rings. The lowest BCUT2D eigenvalue weighted by Gasteiger charge is -2.32. The summed E-state index contributed by atoms with van der Waals surface area (Å²) in [5.41, 5.74) is 5.67. The van der Waals surface area contributed by atoms with Gasteiger partial charge in [-0.3, -0.25) is 14.9 Å². The van der Waals surface area contributed by atoms with E-state index in [2.05, 4.69) is 0 Å². The number of likely N-dealkylation sites (tertiary alicyclic amines) is 1. The number of nitrogens with zero attached hydrogens (tertiary/aromatic N) is 2. The Balaban J connectivity index is 1.84. The first-order valence-corrected chi connectivity index (χ1v) is 6.53. The van der Waals surface area contributed by atoms with E-state index < -0.39 is 4.92 Å². The molecule has 2 heterocycles. The molecule has 3 rings (SSSR count). The van der Waals surface area contributed by atoms with Crippen molar-refractivity contribution in [3.05, 3.63) is 33.9 Å². The lowest BCUT2D eigenvalue weighted by Crippen LogP contribution is -2.45. The van der Waals surface area contributed by atoms with Crippen molar-refractivity contribution in [3.8, 4) is 0 Å². The number of hydrogen-bond donors (Lipinski definition) is 1. The SMILES string of the molecule is Nc1ccc(C(=O)N2CC3CCC(C2)O3)cc1[N+](=O)[O-]. The third kappa shape index (κ3) is 2.20. The Bertz CT molecular complexity index is 563. The number of rotatable bonds is 2. The summed E-state index contributed by atoms with van der Waals surface area (Å²) in [5.74, 6) is -0.201. The van der Waals surface area contributed by atoms with Crippen LogP contribution in [-0.2, 0) is 4.74 Å². The molecule has 2 unspecified atom stereocenters. The monoisotopic (exact) mass is 277 g/mol. The van der Waals surface area contributed by atoms with Gasteiger partial charge in [0.15, 0.2) is 0 Å². The zero-order valence-corrected chi connectivity index (χ0v) is 10.8. The molecule has 1 aromatic rings. The van der Waals surface area contributed by atoms with Crippen LogP contribution in [0.4, 0.5) is 11.4 Å². The fourth-order valence-corrected chi connectivity index (χ4v) is 2.80. The van der Waals surface area contributed by atoms with Crippen LogP contribution in [0.25, 0.3) is 0 Å². The lowest BCUT2D eigenvalue weighted by atomic mass is 10.1. The normalized spacial score (nSPS) is 24.7. The molecular formula is C13H15N3O4. The van der Waals surface area contributed by atoms with Gasteiger partial charge >= 0.3 is 0 Å². The van der Waals surface area contributed by atoms with Crippen molar-refractivity contribution < 1.29 is 14.5 Å². The highest BCUT2D eigenvalue weighted by molar-refractivity contribution is 5.95. The molecular weight excluding hydrogens is 262 g/mol. The maximum Gasteiger partial charge on any atom is 0.292 e. The van der Waals surface area contributed by atoms with Crippen molar-refractivity contribution in [2.45, 2.75) is 25.0 Å². The maximum absolute atomic E-state index is 12.4. The Morgan fingerprint density at radius 1 is 1.35 bits per heavy atom. The highest BCUT2D eigenvalue weighted by atomic mass is 16.6. The molecule has 2 atom stereocenters. The zero-order valence-electron chi connectivity index (χ0n) is 10.8. The molecule has 106 valence electrons. The predicted molar refractivity (Wildman–Crippen MR) is 71.3 cm³/mol. The van der Waals surface area contributed by atoms with Gasteiger partial charge < -0.3 is 15.4 Å². The van der Waals surface area contributed by atoms with Crippen LogP contribution in [-0.4, -0.2) is 41.0 Å². The number of anilines is 1. The summed E-state index contributed by atoms with van der Waals surface area (Å²) in [6, 6.07) is 4.18. The first-order valence-electron chi connectivity index (χ1n) is 6.53. The molecule has 0 aromatic heterocycles. The summed E-state index contributed by atoms with van der Waals surface area (Å²) in [7, 11) is 0. The van der Waals surface area contributed by atoms with Crippen LogP contribution < -0.4 is 5.73 Å². The smallest absolute Gasteiger partial charge is 0.292 e. The summed E-state index contributed by atoms with van der Waals surface area (Å²) < 4.78 is 5.67. The van der Waals surface area contributed by atoms with Crippen LogP contribution in [0.1, 0.15) is 23.2 Å². The summed E-state index contributed by atoms with van der Waals surface area (Å²) in [5, 5.41) is 10.9. The standard InChI is InChI=1S/C13H15N3O4/c14-11-4-1-8(5-12(11)16(18)19)13(17)15-6-9-2-3-10(7-15)20-9/h1,4-5,9-10H,2-3,6-7,14H2. The van der Waals surface area contributed by atoms with Crippen LogP contribution in [0.15, 0.2) is 18.2 Å². The van der Waals surface area contributed by atoms with Crippen LogP contribution in [0.5, 0.6) is 0 Å². The molecule has 0 radical (unpaired) electrons. The number of benzene rings is 1. The molecule has 1 amide bonds. The molecule has 7 nitrogen and oxygen atoms in total. The zero-order chi connectivity index (χ0) is 14.3. The first kappa shape index (κ1) is 12.9. The molecule has 2 saturated heterocycles. The van der Waals surface area contributed by atoms with Gasteiger partial charge in [0, 0.05) is 24.7 Å². The quantitative estimate of drug-likeness (QED) is 0.497. The number of nitrogen functional groups attached to an aromatic ring is 1. The molecule has 2 aliphatic heterocycles.